The number of allylic oxidation sites excluding steroid dienone is 2. The molecule has 0 rings (SSSR count). The van der Waals surface area contributed by atoms with Crippen molar-refractivity contribution >= 4 is 28.4 Å². The van der Waals surface area contributed by atoms with Crippen molar-refractivity contribution in [3.05, 3.63) is 22.3 Å². The van der Waals surface area contributed by atoms with Gasteiger partial charge in [0.25, 0.3) is 0 Å². The first-order valence-corrected chi connectivity index (χ1v) is 3.39. The van der Waals surface area contributed by atoms with Crippen LogP contribution in [0.3, 0.4) is 0 Å². The molecular formula is C6H7IO. The molecule has 0 fully saturated rings. The number of ketones is 1. The second kappa shape index (κ2) is 3.83. The Morgan fingerprint density at radius 1 is 1.75 bits per heavy atom. The summed E-state index contributed by atoms with van der Waals surface area (Å²) in [7, 11) is 0. The van der Waals surface area contributed by atoms with Gasteiger partial charge in [-0.15, -0.1) is 0 Å². The summed E-state index contributed by atoms with van der Waals surface area (Å²) in [4.78, 5) is 10.4. The van der Waals surface area contributed by atoms with E-state index >= 15 is 0 Å². The molecule has 2 heteroatoms. The molecule has 0 aliphatic heterocycles. The zero-order valence-electron chi connectivity index (χ0n) is 4.65. The first-order chi connectivity index (χ1) is 3.68. The average Bonchev–Trinajstić information content (AvgIpc) is 1.67. The van der Waals surface area contributed by atoms with Crippen LogP contribution in [0.4, 0.5) is 0 Å². The Balaban J connectivity index is 3.85. The van der Waals surface area contributed by atoms with Gasteiger partial charge < -0.3 is 0 Å². The SMILES string of the molecule is C=C(/C=C\I)C(C)=O. The Hall–Kier alpha value is -0.120. The molecular weight excluding hydrogens is 215 g/mol. The molecule has 0 aromatic rings. The predicted octanol–water partition coefficient (Wildman–Crippen LogP) is 2.08. The molecule has 0 radical (unpaired) electrons. The van der Waals surface area contributed by atoms with Gasteiger partial charge >= 0.3 is 0 Å². The maximum Gasteiger partial charge on any atom is 0.159 e. The van der Waals surface area contributed by atoms with Crippen LogP contribution in [-0.2, 0) is 4.79 Å². The summed E-state index contributed by atoms with van der Waals surface area (Å²) in [6.07, 6.45) is 1.68. The number of rotatable bonds is 2. The number of hydrogen-bond donors (Lipinski definition) is 0. The van der Waals surface area contributed by atoms with E-state index in [1.807, 2.05) is 22.6 Å². The molecule has 0 spiro atoms. The molecule has 0 bridgehead atoms. The van der Waals surface area contributed by atoms with Gasteiger partial charge in [-0.1, -0.05) is 29.2 Å². The first-order valence-electron chi connectivity index (χ1n) is 2.15. The molecule has 0 heterocycles. The molecule has 0 amide bonds. The van der Waals surface area contributed by atoms with E-state index in [1.54, 1.807) is 10.2 Å². The number of hydrogen-bond acceptors (Lipinski definition) is 1. The van der Waals surface area contributed by atoms with E-state index in [1.165, 1.54) is 6.92 Å². The van der Waals surface area contributed by atoms with Crippen LogP contribution in [0, 0.1) is 0 Å². The monoisotopic (exact) mass is 222 g/mol. The third kappa shape index (κ3) is 2.96. The van der Waals surface area contributed by atoms with Gasteiger partial charge in [0.2, 0.25) is 0 Å². The van der Waals surface area contributed by atoms with Crippen LogP contribution >= 0.6 is 22.6 Å². The molecule has 0 aliphatic carbocycles. The lowest BCUT2D eigenvalue weighted by Gasteiger charge is -1.85. The number of Topliss-reactive ketones (excluding diaryl/α,β-unsaturated/α-hetero) is 1. The number of carbonyl (C=O) groups excluding carboxylic acids is 1. The molecule has 44 valence electrons. The van der Waals surface area contributed by atoms with Crippen molar-refractivity contribution in [1.29, 1.82) is 0 Å². The fourth-order valence-electron chi connectivity index (χ4n) is 0.193. The van der Waals surface area contributed by atoms with Crippen LogP contribution in [0.25, 0.3) is 0 Å². The van der Waals surface area contributed by atoms with Crippen molar-refractivity contribution in [2.24, 2.45) is 0 Å². The smallest absolute Gasteiger partial charge is 0.159 e. The molecule has 0 N–H and O–H groups in total. The molecule has 0 saturated heterocycles. The van der Waals surface area contributed by atoms with Crippen molar-refractivity contribution in [2.45, 2.75) is 6.92 Å². The summed E-state index contributed by atoms with van der Waals surface area (Å²) >= 11 is 2.04. The van der Waals surface area contributed by atoms with Crippen LogP contribution in [0.1, 0.15) is 6.92 Å². The van der Waals surface area contributed by atoms with Crippen LogP contribution in [0.2, 0.25) is 0 Å². The van der Waals surface area contributed by atoms with E-state index in [4.69, 9.17) is 0 Å². The van der Waals surface area contributed by atoms with E-state index in [-0.39, 0.29) is 5.78 Å². The van der Waals surface area contributed by atoms with Gasteiger partial charge in [0.1, 0.15) is 0 Å². The Bertz CT molecular complexity index is 135. The molecule has 0 aliphatic rings. The van der Waals surface area contributed by atoms with Gasteiger partial charge in [0.05, 0.1) is 0 Å². The second-order valence-corrected chi connectivity index (χ2v) is 2.09. The van der Waals surface area contributed by atoms with Crippen LogP contribution in [0.15, 0.2) is 22.3 Å². The highest BCUT2D eigenvalue weighted by atomic mass is 127. The fraction of sp³-hybridized carbons (Fsp3) is 0.167. The lowest BCUT2D eigenvalue weighted by molar-refractivity contribution is -0.113. The van der Waals surface area contributed by atoms with Gasteiger partial charge in [-0.2, -0.15) is 0 Å². The van der Waals surface area contributed by atoms with Crippen molar-refractivity contribution in [1.82, 2.24) is 0 Å². The highest BCUT2D eigenvalue weighted by Crippen LogP contribution is 1.96. The second-order valence-electron chi connectivity index (χ2n) is 1.37. The molecule has 0 atom stereocenters. The topological polar surface area (TPSA) is 17.1 Å². The van der Waals surface area contributed by atoms with Crippen LogP contribution in [0.5, 0.6) is 0 Å². The van der Waals surface area contributed by atoms with E-state index < -0.39 is 0 Å². The average molecular weight is 222 g/mol. The van der Waals surface area contributed by atoms with Crippen LogP contribution < -0.4 is 0 Å². The lowest BCUT2D eigenvalue weighted by Crippen LogP contribution is -1.88. The van der Waals surface area contributed by atoms with Gasteiger partial charge in [0.15, 0.2) is 5.78 Å². The minimum absolute atomic E-state index is 0.0258. The quantitative estimate of drug-likeness (QED) is 0.397. The van der Waals surface area contributed by atoms with Gasteiger partial charge in [0, 0.05) is 5.57 Å². The maximum atomic E-state index is 10.4. The molecule has 1 nitrogen and oxygen atoms in total. The maximum absolute atomic E-state index is 10.4. The standard InChI is InChI=1S/C6H7IO/c1-5(3-4-7)6(2)8/h3-4H,1H2,2H3/b4-3-. The summed E-state index contributed by atoms with van der Waals surface area (Å²) in [5.41, 5.74) is 0.555. The summed E-state index contributed by atoms with van der Waals surface area (Å²) in [5.74, 6) is 0.0258. The van der Waals surface area contributed by atoms with Crippen molar-refractivity contribution in [2.75, 3.05) is 0 Å². The van der Waals surface area contributed by atoms with Crippen molar-refractivity contribution in [3.8, 4) is 0 Å². The minimum atomic E-state index is 0.0258. The zero-order valence-corrected chi connectivity index (χ0v) is 6.81. The molecule has 0 aromatic carbocycles. The number of halogens is 1. The summed E-state index contributed by atoms with van der Waals surface area (Å²) in [6.45, 7) is 5.00. The lowest BCUT2D eigenvalue weighted by atomic mass is 10.2. The molecule has 0 saturated carbocycles. The largest absolute Gasteiger partial charge is 0.295 e. The molecule has 0 aromatic heterocycles. The Labute approximate surface area is 62.6 Å². The highest BCUT2D eigenvalue weighted by molar-refractivity contribution is 14.1. The third-order valence-electron chi connectivity index (χ3n) is 0.716. The zero-order chi connectivity index (χ0) is 6.57. The Morgan fingerprint density at radius 3 is 2.38 bits per heavy atom. The fourth-order valence-corrected chi connectivity index (χ4v) is 0.627. The van der Waals surface area contributed by atoms with Crippen molar-refractivity contribution in [3.63, 3.8) is 0 Å². The van der Waals surface area contributed by atoms with E-state index in [9.17, 15) is 4.79 Å². The van der Waals surface area contributed by atoms with Gasteiger partial charge in [-0.05, 0) is 17.1 Å². The Morgan fingerprint density at radius 2 is 2.25 bits per heavy atom. The summed E-state index contributed by atoms with van der Waals surface area (Å²) in [6, 6.07) is 0. The van der Waals surface area contributed by atoms with Gasteiger partial charge in [-0.3, -0.25) is 4.79 Å². The molecule has 0 unspecified atom stereocenters. The third-order valence-corrected chi connectivity index (χ3v) is 1.08. The summed E-state index contributed by atoms with van der Waals surface area (Å²) < 4.78 is 1.77. The Kier molecular flexibility index (Phi) is 3.77. The minimum Gasteiger partial charge on any atom is -0.295 e. The summed E-state index contributed by atoms with van der Waals surface area (Å²) in [5, 5.41) is 0. The molecule has 8 heavy (non-hydrogen) atoms. The highest BCUT2D eigenvalue weighted by Gasteiger charge is 1.90. The number of carbonyl (C=O) groups is 1. The van der Waals surface area contributed by atoms with Crippen molar-refractivity contribution < 1.29 is 4.79 Å². The normalized spacial score (nSPS) is 9.75. The van der Waals surface area contributed by atoms with E-state index in [0.717, 1.165) is 0 Å². The first kappa shape index (κ1) is 7.88. The van der Waals surface area contributed by atoms with Gasteiger partial charge in [-0.25, -0.2) is 0 Å². The van der Waals surface area contributed by atoms with E-state index in [0.29, 0.717) is 5.57 Å². The predicted molar refractivity (Wildman–Crippen MR) is 43.0 cm³/mol. The van der Waals surface area contributed by atoms with Crippen LogP contribution in [-0.4, -0.2) is 5.78 Å². The van der Waals surface area contributed by atoms with E-state index in [2.05, 4.69) is 6.58 Å².